The lowest BCUT2D eigenvalue weighted by Crippen LogP contribution is -2.24. The molecule has 0 spiro atoms. The van der Waals surface area contributed by atoms with Crippen LogP contribution in [0.5, 0.6) is 11.6 Å². The molecular weight excluding hydrogens is 447 g/mol. The molecular formula is C24H18F3N5O2. The minimum atomic E-state index is -0.930. The minimum absolute atomic E-state index is 0.00633. The molecule has 7 nitrogen and oxygen atoms in total. The summed E-state index contributed by atoms with van der Waals surface area (Å²) in [6.45, 7) is 1.89. The SMILES string of the molecule is Cc1nn(C)cc1-c1ccc(CN2Cc3ncnc(Oc4c(F)cccc4F)c3C2=O)c(F)c1. The van der Waals surface area contributed by atoms with Crippen molar-refractivity contribution >= 4 is 5.91 Å². The summed E-state index contributed by atoms with van der Waals surface area (Å²) in [6.07, 6.45) is 2.96. The molecule has 3 heterocycles. The molecule has 1 aliphatic rings. The first kappa shape index (κ1) is 21.6. The summed E-state index contributed by atoms with van der Waals surface area (Å²) in [4.78, 5) is 22.4. The van der Waals surface area contributed by atoms with Gasteiger partial charge in [0.1, 0.15) is 17.7 Å². The molecule has 172 valence electrons. The van der Waals surface area contributed by atoms with E-state index >= 15 is 0 Å². The summed E-state index contributed by atoms with van der Waals surface area (Å²) in [7, 11) is 1.79. The van der Waals surface area contributed by atoms with Crippen molar-refractivity contribution in [3.05, 3.63) is 88.9 Å². The van der Waals surface area contributed by atoms with Crippen LogP contribution in [0.1, 0.15) is 27.3 Å². The fourth-order valence-corrected chi connectivity index (χ4v) is 3.96. The highest BCUT2D eigenvalue weighted by atomic mass is 19.1. The Morgan fingerprint density at radius 3 is 2.50 bits per heavy atom. The number of carbonyl (C=O) groups excluding carboxylic acids is 1. The normalized spacial score (nSPS) is 12.9. The van der Waals surface area contributed by atoms with Crippen LogP contribution in [0.25, 0.3) is 11.1 Å². The zero-order valence-electron chi connectivity index (χ0n) is 18.2. The zero-order valence-corrected chi connectivity index (χ0v) is 18.2. The molecule has 10 heteroatoms. The smallest absolute Gasteiger partial charge is 0.261 e. The lowest BCUT2D eigenvalue weighted by molar-refractivity contribution is 0.0762. The van der Waals surface area contributed by atoms with Gasteiger partial charge in [0.2, 0.25) is 11.6 Å². The van der Waals surface area contributed by atoms with Gasteiger partial charge in [0.25, 0.3) is 5.91 Å². The summed E-state index contributed by atoms with van der Waals surface area (Å²) in [5.41, 5.74) is 2.90. The summed E-state index contributed by atoms with van der Waals surface area (Å²) in [5.74, 6) is -3.78. The molecule has 1 amide bonds. The van der Waals surface area contributed by atoms with Crippen LogP contribution in [0.15, 0.2) is 48.9 Å². The van der Waals surface area contributed by atoms with Gasteiger partial charge in [0, 0.05) is 30.9 Å². The van der Waals surface area contributed by atoms with Gasteiger partial charge in [-0.05, 0) is 30.7 Å². The van der Waals surface area contributed by atoms with Gasteiger partial charge < -0.3 is 9.64 Å². The molecule has 0 radical (unpaired) electrons. The van der Waals surface area contributed by atoms with Crippen LogP contribution in [-0.4, -0.2) is 30.6 Å². The van der Waals surface area contributed by atoms with Gasteiger partial charge >= 0.3 is 0 Å². The Bertz CT molecular complexity index is 1420. The first-order chi connectivity index (χ1) is 16.3. The fraction of sp³-hybridized carbons (Fsp3) is 0.167. The lowest BCUT2D eigenvalue weighted by atomic mass is 10.0. The summed E-state index contributed by atoms with van der Waals surface area (Å²) >= 11 is 0. The fourth-order valence-electron chi connectivity index (χ4n) is 3.96. The molecule has 0 fully saturated rings. The second-order valence-corrected chi connectivity index (χ2v) is 7.92. The number of aromatic nitrogens is 4. The summed E-state index contributed by atoms with van der Waals surface area (Å²) < 4.78 is 50.0. The van der Waals surface area contributed by atoms with Gasteiger partial charge in [-0.25, -0.2) is 23.1 Å². The van der Waals surface area contributed by atoms with Crippen molar-refractivity contribution in [1.82, 2.24) is 24.6 Å². The van der Waals surface area contributed by atoms with Crippen LogP contribution in [0, 0.1) is 24.4 Å². The van der Waals surface area contributed by atoms with Crippen molar-refractivity contribution in [2.24, 2.45) is 7.05 Å². The third kappa shape index (κ3) is 3.76. The molecule has 0 N–H and O–H groups in total. The predicted octanol–water partition coefficient (Wildman–Crippen LogP) is 4.55. The molecule has 0 unspecified atom stereocenters. The molecule has 34 heavy (non-hydrogen) atoms. The molecule has 0 bridgehead atoms. The van der Waals surface area contributed by atoms with E-state index in [1.54, 1.807) is 23.9 Å². The van der Waals surface area contributed by atoms with E-state index in [4.69, 9.17) is 4.74 Å². The number of hydrogen-bond donors (Lipinski definition) is 0. The molecule has 5 rings (SSSR count). The Kier molecular flexibility index (Phi) is 5.27. The Labute approximate surface area is 192 Å². The second-order valence-electron chi connectivity index (χ2n) is 7.92. The zero-order chi connectivity index (χ0) is 24.0. The third-order valence-corrected chi connectivity index (χ3v) is 5.59. The highest BCUT2D eigenvalue weighted by Crippen LogP contribution is 2.34. The van der Waals surface area contributed by atoms with Crippen LogP contribution in [-0.2, 0) is 20.1 Å². The average Bonchev–Trinajstić information content (AvgIpc) is 3.30. The number of para-hydroxylation sites is 1. The maximum atomic E-state index is 14.9. The van der Waals surface area contributed by atoms with E-state index < -0.39 is 29.1 Å². The lowest BCUT2D eigenvalue weighted by Gasteiger charge is -2.16. The van der Waals surface area contributed by atoms with Crippen molar-refractivity contribution in [3.63, 3.8) is 0 Å². The van der Waals surface area contributed by atoms with Crippen LogP contribution in [0.3, 0.4) is 0 Å². The van der Waals surface area contributed by atoms with Crippen LogP contribution in [0.4, 0.5) is 13.2 Å². The number of aryl methyl sites for hydroxylation is 2. The Balaban J connectivity index is 1.40. The Morgan fingerprint density at radius 1 is 1.06 bits per heavy atom. The number of hydrogen-bond acceptors (Lipinski definition) is 5. The molecule has 1 aliphatic heterocycles. The average molecular weight is 465 g/mol. The third-order valence-electron chi connectivity index (χ3n) is 5.59. The molecule has 4 aromatic rings. The number of carbonyl (C=O) groups is 1. The molecule has 0 atom stereocenters. The van der Waals surface area contributed by atoms with Gasteiger partial charge in [-0.1, -0.05) is 18.2 Å². The molecule has 0 saturated carbocycles. The largest absolute Gasteiger partial charge is 0.432 e. The topological polar surface area (TPSA) is 73.1 Å². The molecule has 0 saturated heterocycles. The number of halogens is 3. The van der Waals surface area contributed by atoms with Gasteiger partial charge in [-0.2, -0.15) is 5.10 Å². The van der Waals surface area contributed by atoms with E-state index in [0.29, 0.717) is 16.8 Å². The number of ether oxygens (including phenoxy) is 1. The summed E-state index contributed by atoms with van der Waals surface area (Å²) in [6, 6.07) is 8.06. The Hall–Kier alpha value is -4.21. The molecule has 0 aliphatic carbocycles. The van der Waals surface area contributed by atoms with Crippen molar-refractivity contribution in [2.45, 2.75) is 20.0 Å². The van der Waals surface area contributed by atoms with Crippen LogP contribution >= 0.6 is 0 Å². The predicted molar refractivity (Wildman–Crippen MR) is 115 cm³/mol. The number of amides is 1. The quantitative estimate of drug-likeness (QED) is 0.432. The van der Waals surface area contributed by atoms with Crippen molar-refractivity contribution in [2.75, 3.05) is 0 Å². The number of rotatable bonds is 5. The molecule has 2 aromatic heterocycles. The first-order valence-corrected chi connectivity index (χ1v) is 10.4. The van der Waals surface area contributed by atoms with Crippen LogP contribution < -0.4 is 4.74 Å². The number of benzene rings is 2. The number of nitrogens with zero attached hydrogens (tertiary/aromatic N) is 5. The first-order valence-electron chi connectivity index (χ1n) is 10.4. The highest BCUT2D eigenvalue weighted by molar-refractivity contribution is 5.99. The summed E-state index contributed by atoms with van der Waals surface area (Å²) in [5, 5.41) is 4.27. The van der Waals surface area contributed by atoms with E-state index in [-0.39, 0.29) is 24.5 Å². The van der Waals surface area contributed by atoms with Gasteiger partial charge in [0.05, 0.1) is 17.9 Å². The standard InChI is InChI=1S/C24H18F3N5O2/c1-13-16(10-31(2)30-13)14-6-7-15(19(27)8-14)9-32-11-20-21(24(32)33)23(29-12-28-20)34-22-17(25)4-3-5-18(22)26/h3-8,10,12H,9,11H2,1-2H3. The van der Waals surface area contributed by atoms with E-state index in [0.717, 1.165) is 29.7 Å². The van der Waals surface area contributed by atoms with Crippen molar-refractivity contribution in [3.8, 4) is 22.8 Å². The number of fused-ring (bicyclic) bond motifs is 1. The molecule has 2 aromatic carbocycles. The van der Waals surface area contributed by atoms with E-state index in [9.17, 15) is 18.0 Å². The monoisotopic (exact) mass is 465 g/mol. The highest BCUT2D eigenvalue weighted by Gasteiger charge is 2.34. The van der Waals surface area contributed by atoms with E-state index in [2.05, 4.69) is 15.1 Å². The maximum absolute atomic E-state index is 14.9. The van der Waals surface area contributed by atoms with Gasteiger partial charge in [-0.3, -0.25) is 9.48 Å². The van der Waals surface area contributed by atoms with Crippen molar-refractivity contribution in [1.29, 1.82) is 0 Å². The maximum Gasteiger partial charge on any atom is 0.261 e. The van der Waals surface area contributed by atoms with Crippen molar-refractivity contribution < 1.29 is 22.7 Å². The van der Waals surface area contributed by atoms with Gasteiger partial charge in [-0.15, -0.1) is 0 Å². The van der Waals surface area contributed by atoms with Gasteiger partial charge in [0.15, 0.2) is 11.6 Å². The van der Waals surface area contributed by atoms with E-state index in [1.807, 2.05) is 13.1 Å². The van der Waals surface area contributed by atoms with E-state index in [1.165, 1.54) is 17.0 Å². The minimum Gasteiger partial charge on any atom is -0.432 e. The Morgan fingerprint density at radius 2 is 1.82 bits per heavy atom. The second kappa shape index (κ2) is 8.29. The van der Waals surface area contributed by atoms with Crippen LogP contribution in [0.2, 0.25) is 0 Å².